The minimum atomic E-state index is -1.10. The van der Waals surface area contributed by atoms with Crippen LogP contribution in [0, 0.1) is 12.7 Å². The van der Waals surface area contributed by atoms with E-state index in [0.717, 1.165) is 18.9 Å². The Hall–Kier alpha value is -2.12. The maximum absolute atomic E-state index is 13.2. The van der Waals surface area contributed by atoms with Gasteiger partial charge in [0, 0.05) is 12.2 Å². The number of hydrogen-bond acceptors (Lipinski definition) is 4. The van der Waals surface area contributed by atoms with Gasteiger partial charge in [0.05, 0.1) is 10.7 Å². The number of esters is 1. The quantitative estimate of drug-likeness (QED) is 0.669. The molecule has 0 bridgehead atoms. The fourth-order valence-electron chi connectivity index (χ4n) is 2.33. The van der Waals surface area contributed by atoms with Gasteiger partial charge in [-0.2, -0.15) is 5.10 Å². The number of anilines is 1. The van der Waals surface area contributed by atoms with Crippen LogP contribution in [-0.4, -0.2) is 27.8 Å². The molecule has 1 N–H and O–H groups in total. The van der Waals surface area contributed by atoms with Crippen LogP contribution < -0.4 is 5.32 Å². The van der Waals surface area contributed by atoms with E-state index in [1.807, 2.05) is 6.92 Å². The van der Waals surface area contributed by atoms with Crippen molar-refractivity contribution in [3.63, 3.8) is 0 Å². The molecular weight excluding hydrogens is 396 g/mol. The van der Waals surface area contributed by atoms with Crippen LogP contribution >= 0.6 is 23.2 Å². The van der Waals surface area contributed by atoms with Crippen LogP contribution in [0.2, 0.25) is 10.2 Å². The number of aromatic nitrogens is 2. The number of carbonyl (C=O) groups is 2. The minimum Gasteiger partial charge on any atom is -0.449 e. The van der Waals surface area contributed by atoms with Gasteiger partial charge in [0.2, 0.25) is 0 Å². The van der Waals surface area contributed by atoms with E-state index in [0.29, 0.717) is 12.2 Å². The fourth-order valence-corrected chi connectivity index (χ4v) is 2.85. The number of carbonyl (C=O) groups excluding carboxylic acids is 2. The van der Waals surface area contributed by atoms with Crippen molar-refractivity contribution in [2.45, 2.75) is 46.3 Å². The van der Waals surface area contributed by atoms with E-state index >= 15 is 0 Å². The van der Waals surface area contributed by atoms with Crippen molar-refractivity contribution in [2.24, 2.45) is 0 Å². The minimum absolute atomic E-state index is 0.126. The van der Waals surface area contributed by atoms with Crippen molar-refractivity contribution in [3.05, 3.63) is 45.4 Å². The van der Waals surface area contributed by atoms with E-state index < -0.39 is 23.8 Å². The molecule has 2 aromatic rings. The highest BCUT2D eigenvalue weighted by Crippen LogP contribution is 2.23. The van der Waals surface area contributed by atoms with Crippen molar-refractivity contribution in [1.82, 2.24) is 9.78 Å². The van der Waals surface area contributed by atoms with E-state index in [-0.39, 0.29) is 21.4 Å². The van der Waals surface area contributed by atoms with Gasteiger partial charge < -0.3 is 10.1 Å². The fraction of sp³-hybridized carbons (Fsp3) is 0.389. The second-order valence-electron chi connectivity index (χ2n) is 5.99. The molecule has 0 radical (unpaired) electrons. The number of nitrogens with zero attached hydrogens (tertiary/aromatic N) is 2. The van der Waals surface area contributed by atoms with Crippen molar-refractivity contribution >= 4 is 40.8 Å². The first-order chi connectivity index (χ1) is 12.7. The highest BCUT2D eigenvalue weighted by Gasteiger charge is 2.25. The SMILES string of the molecule is CCCCn1nc(C)c(C(=O)O[C@@H](C)C(=O)Nc2ccc(F)c(Cl)c2)c1Cl. The smallest absolute Gasteiger partial charge is 0.343 e. The van der Waals surface area contributed by atoms with Gasteiger partial charge in [0.25, 0.3) is 5.91 Å². The lowest BCUT2D eigenvalue weighted by Crippen LogP contribution is -2.30. The normalized spacial score (nSPS) is 11.9. The first kappa shape index (κ1) is 21.2. The zero-order chi connectivity index (χ0) is 20.1. The van der Waals surface area contributed by atoms with Crippen molar-refractivity contribution in [3.8, 4) is 0 Å². The number of unbranched alkanes of at least 4 members (excludes halogenated alkanes) is 1. The molecule has 0 spiro atoms. The van der Waals surface area contributed by atoms with E-state index in [9.17, 15) is 14.0 Å². The summed E-state index contributed by atoms with van der Waals surface area (Å²) in [5.41, 5.74) is 0.854. The third kappa shape index (κ3) is 5.20. The molecule has 1 heterocycles. The molecule has 0 aliphatic heterocycles. The molecule has 1 aromatic carbocycles. The molecule has 27 heavy (non-hydrogen) atoms. The van der Waals surface area contributed by atoms with Gasteiger partial charge >= 0.3 is 5.97 Å². The lowest BCUT2D eigenvalue weighted by molar-refractivity contribution is -0.123. The van der Waals surface area contributed by atoms with Gasteiger partial charge in [-0.25, -0.2) is 9.18 Å². The van der Waals surface area contributed by atoms with Gasteiger partial charge in [-0.15, -0.1) is 0 Å². The molecule has 9 heteroatoms. The van der Waals surface area contributed by atoms with Crippen molar-refractivity contribution in [1.29, 1.82) is 0 Å². The Balaban J connectivity index is 2.05. The number of aryl methyl sites for hydroxylation is 2. The molecule has 1 amide bonds. The molecule has 0 aliphatic carbocycles. The third-order valence-corrected chi connectivity index (χ3v) is 4.51. The summed E-state index contributed by atoms with van der Waals surface area (Å²) in [6, 6.07) is 3.75. The second-order valence-corrected chi connectivity index (χ2v) is 6.76. The molecule has 0 saturated heterocycles. The van der Waals surface area contributed by atoms with Gasteiger partial charge in [0.1, 0.15) is 16.5 Å². The van der Waals surface area contributed by atoms with Crippen LogP contribution in [0.25, 0.3) is 0 Å². The first-order valence-corrected chi connectivity index (χ1v) is 9.20. The molecule has 0 fully saturated rings. The number of halogens is 3. The Bertz CT molecular complexity index is 855. The predicted octanol–water partition coefficient (Wildman–Crippen LogP) is 4.62. The Labute approximate surface area is 166 Å². The number of amides is 1. The van der Waals surface area contributed by atoms with E-state index in [2.05, 4.69) is 10.4 Å². The van der Waals surface area contributed by atoms with E-state index in [4.69, 9.17) is 27.9 Å². The van der Waals surface area contributed by atoms with Crippen LogP contribution in [0.15, 0.2) is 18.2 Å². The lowest BCUT2D eigenvalue weighted by atomic mass is 10.2. The average Bonchev–Trinajstić information content (AvgIpc) is 2.89. The summed E-state index contributed by atoms with van der Waals surface area (Å²) in [6.07, 6.45) is 0.726. The molecule has 0 unspecified atom stereocenters. The molecule has 6 nitrogen and oxygen atoms in total. The molecule has 1 atom stereocenters. The molecule has 2 rings (SSSR count). The average molecular weight is 416 g/mol. The molecular formula is C18H20Cl2FN3O3. The summed E-state index contributed by atoms with van der Waals surface area (Å²) >= 11 is 11.9. The number of rotatable bonds is 7. The van der Waals surface area contributed by atoms with Crippen molar-refractivity contribution in [2.75, 3.05) is 5.32 Å². The molecule has 0 aliphatic rings. The monoisotopic (exact) mass is 415 g/mol. The molecule has 1 aromatic heterocycles. The third-order valence-electron chi connectivity index (χ3n) is 3.83. The molecule has 0 saturated carbocycles. The number of nitrogens with one attached hydrogen (secondary N) is 1. The summed E-state index contributed by atoms with van der Waals surface area (Å²) in [7, 11) is 0. The first-order valence-electron chi connectivity index (χ1n) is 8.44. The largest absolute Gasteiger partial charge is 0.449 e. The van der Waals surface area contributed by atoms with E-state index in [1.165, 1.54) is 19.1 Å². The Morgan fingerprint density at radius 3 is 2.70 bits per heavy atom. The lowest BCUT2D eigenvalue weighted by Gasteiger charge is -2.14. The van der Waals surface area contributed by atoms with Crippen LogP contribution in [0.4, 0.5) is 10.1 Å². The number of ether oxygens (including phenoxy) is 1. The Kier molecular flexibility index (Phi) is 7.21. The van der Waals surface area contributed by atoms with E-state index in [1.54, 1.807) is 11.6 Å². The maximum atomic E-state index is 13.2. The van der Waals surface area contributed by atoms with Crippen LogP contribution in [0.5, 0.6) is 0 Å². The zero-order valence-electron chi connectivity index (χ0n) is 15.2. The summed E-state index contributed by atoms with van der Waals surface area (Å²) in [5, 5.41) is 6.81. The summed E-state index contributed by atoms with van der Waals surface area (Å²) in [5.74, 6) is -1.92. The summed E-state index contributed by atoms with van der Waals surface area (Å²) in [4.78, 5) is 24.6. The summed E-state index contributed by atoms with van der Waals surface area (Å²) < 4.78 is 19.9. The molecule has 146 valence electrons. The highest BCUT2D eigenvalue weighted by atomic mass is 35.5. The Morgan fingerprint density at radius 1 is 1.37 bits per heavy atom. The highest BCUT2D eigenvalue weighted by molar-refractivity contribution is 6.32. The standard InChI is InChI=1S/C18H20Cl2FN3O3/c1-4-5-8-24-16(20)15(10(2)23-24)18(26)27-11(3)17(25)22-12-6-7-14(21)13(19)9-12/h6-7,9,11H,4-5,8H2,1-3H3,(H,22,25)/t11-/m0/s1. The number of benzene rings is 1. The van der Waals surface area contributed by atoms with Gasteiger partial charge in [-0.1, -0.05) is 36.5 Å². The number of hydrogen-bond donors (Lipinski definition) is 1. The van der Waals surface area contributed by atoms with Gasteiger partial charge in [-0.05, 0) is 38.5 Å². The topological polar surface area (TPSA) is 73.2 Å². The van der Waals surface area contributed by atoms with Crippen molar-refractivity contribution < 1.29 is 18.7 Å². The van der Waals surface area contributed by atoms with Crippen LogP contribution in [-0.2, 0) is 16.1 Å². The van der Waals surface area contributed by atoms with Gasteiger partial charge in [0.15, 0.2) is 6.10 Å². The van der Waals surface area contributed by atoms with Gasteiger partial charge in [-0.3, -0.25) is 9.48 Å². The second kappa shape index (κ2) is 9.19. The van der Waals surface area contributed by atoms with Crippen LogP contribution in [0.3, 0.4) is 0 Å². The maximum Gasteiger partial charge on any atom is 0.343 e. The zero-order valence-corrected chi connectivity index (χ0v) is 16.7. The predicted molar refractivity (Wildman–Crippen MR) is 102 cm³/mol. The summed E-state index contributed by atoms with van der Waals surface area (Å²) in [6.45, 7) is 5.69. The Morgan fingerprint density at radius 2 is 2.07 bits per heavy atom. The van der Waals surface area contributed by atoms with Crippen LogP contribution in [0.1, 0.15) is 42.7 Å².